The minimum Gasteiger partial charge on any atom is -0.355 e. The second kappa shape index (κ2) is 11.1. The molecule has 2 aromatic carbocycles. The molecule has 0 bridgehead atoms. The van der Waals surface area contributed by atoms with Gasteiger partial charge in [0.05, 0.1) is 0 Å². The van der Waals surface area contributed by atoms with E-state index in [2.05, 4.69) is 58.2 Å². The molecular weight excluding hydrogens is 398 g/mol. The summed E-state index contributed by atoms with van der Waals surface area (Å²) in [5, 5.41) is 10.8. The number of aliphatic imine (C=N–C) groups is 1. The van der Waals surface area contributed by atoms with Crippen molar-refractivity contribution in [3.63, 3.8) is 0 Å². The molecule has 3 rings (SSSR count). The van der Waals surface area contributed by atoms with Crippen molar-refractivity contribution in [3.05, 3.63) is 71.3 Å². The average molecular weight is 436 g/mol. The van der Waals surface area contributed by atoms with Crippen molar-refractivity contribution in [2.45, 2.75) is 50.7 Å². The molecular formula is C26H37N5O. The van der Waals surface area contributed by atoms with E-state index in [4.69, 9.17) is 0 Å². The molecule has 0 aromatic heterocycles. The summed E-state index contributed by atoms with van der Waals surface area (Å²) in [5.41, 5.74) is 3.19. The van der Waals surface area contributed by atoms with Crippen molar-refractivity contribution in [1.82, 2.24) is 20.9 Å². The zero-order chi connectivity index (χ0) is 23.0. The SMILES string of the molecule is CN=C(NCc1ccc(C(=O)N(C)C)cc1)NCC1(NC(C)c2ccccc2)CCCC1. The summed E-state index contributed by atoms with van der Waals surface area (Å²) in [7, 11) is 5.33. The van der Waals surface area contributed by atoms with Crippen LogP contribution in [0.15, 0.2) is 59.6 Å². The maximum atomic E-state index is 12.1. The topological polar surface area (TPSA) is 68.8 Å². The van der Waals surface area contributed by atoms with Crippen molar-refractivity contribution in [2.75, 3.05) is 27.7 Å². The number of hydrogen-bond acceptors (Lipinski definition) is 3. The number of nitrogens with zero attached hydrogens (tertiary/aromatic N) is 2. The molecule has 0 heterocycles. The molecule has 1 aliphatic rings. The lowest BCUT2D eigenvalue weighted by molar-refractivity contribution is 0.0827. The van der Waals surface area contributed by atoms with E-state index in [1.54, 1.807) is 26.0 Å². The lowest BCUT2D eigenvalue weighted by atomic mass is 9.94. The Morgan fingerprint density at radius 2 is 1.69 bits per heavy atom. The number of benzene rings is 2. The van der Waals surface area contributed by atoms with Crippen molar-refractivity contribution in [2.24, 2.45) is 4.99 Å². The number of amides is 1. The minimum atomic E-state index is 0.0149. The van der Waals surface area contributed by atoms with Crippen LogP contribution in [0.2, 0.25) is 0 Å². The van der Waals surface area contributed by atoms with Crippen LogP contribution in [-0.2, 0) is 6.54 Å². The van der Waals surface area contributed by atoms with Crippen LogP contribution >= 0.6 is 0 Å². The number of nitrogens with one attached hydrogen (secondary N) is 3. The van der Waals surface area contributed by atoms with E-state index in [1.807, 2.05) is 24.3 Å². The predicted molar refractivity (Wildman–Crippen MR) is 132 cm³/mol. The fraction of sp³-hybridized carbons (Fsp3) is 0.462. The Hall–Kier alpha value is -2.86. The first-order valence-corrected chi connectivity index (χ1v) is 11.5. The van der Waals surface area contributed by atoms with E-state index in [-0.39, 0.29) is 11.4 Å². The summed E-state index contributed by atoms with van der Waals surface area (Å²) in [6.45, 7) is 3.73. The lowest BCUT2D eigenvalue weighted by Crippen LogP contribution is -2.54. The molecule has 1 fully saturated rings. The van der Waals surface area contributed by atoms with E-state index >= 15 is 0 Å². The maximum Gasteiger partial charge on any atom is 0.253 e. The van der Waals surface area contributed by atoms with Crippen molar-refractivity contribution < 1.29 is 4.79 Å². The summed E-state index contributed by atoms with van der Waals surface area (Å²) in [6.07, 6.45) is 4.82. The van der Waals surface area contributed by atoms with Gasteiger partial charge < -0.3 is 20.9 Å². The first-order valence-electron chi connectivity index (χ1n) is 11.5. The maximum absolute atomic E-state index is 12.1. The molecule has 1 saturated carbocycles. The molecule has 1 amide bonds. The fourth-order valence-corrected chi connectivity index (χ4v) is 4.39. The molecule has 0 aliphatic heterocycles. The Balaban J connectivity index is 1.54. The number of guanidine groups is 1. The largest absolute Gasteiger partial charge is 0.355 e. The summed E-state index contributed by atoms with van der Waals surface area (Å²) in [4.78, 5) is 18.0. The Labute approximate surface area is 192 Å². The highest BCUT2D eigenvalue weighted by Crippen LogP contribution is 2.31. The Kier molecular flexibility index (Phi) is 8.28. The van der Waals surface area contributed by atoms with Crippen LogP contribution in [0.25, 0.3) is 0 Å². The molecule has 1 unspecified atom stereocenters. The van der Waals surface area contributed by atoms with Crippen LogP contribution in [0, 0.1) is 0 Å². The Morgan fingerprint density at radius 1 is 1.03 bits per heavy atom. The van der Waals surface area contributed by atoms with Crippen LogP contribution in [0.3, 0.4) is 0 Å². The molecule has 1 aliphatic carbocycles. The number of carbonyl (C=O) groups excluding carboxylic acids is 1. The predicted octanol–water partition coefficient (Wildman–Crippen LogP) is 3.72. The van der Waals surface area contributed by atoms with Crippen LogP contribution in [0.1, 0.15) is 60.1 Å². The molecule has 172 valence electrons. The van der Waals surface area contributed by atoms with Gasteiger partial charge in [0, 0.05) is 51.4 Å². The second-order valence-corrected chi connectivity index (χ2v) is 8.94. The van der Waals surface area contributed by atoms with E-state index in [0.29, 0.717) is 18.2 Å². The lowest BCUT2D eigenvalue weighted by Gasteiger charge is -2.35. The van der Waals surface area contributed by atoms with E-state index in [9.17, 15) is 4.79 Å². The Bertz CT molecular complexity index is 886. The van der Waals surface area contributed by atoms with Gasteiger partial charge in [-0.3, -0.25) is 9.79 Å². The minimum absolute atomic E-state index is 0.0149. The van der Waals surface area contributed by atoms with Crippen LogP contribution in [0.5, 0.6) is 0 Å². The summed E-state index contributed by atoms with van der Waals surface area (Å²) < 4.78 is 0. The van der Waals surface area contributed by atoms with Crippen LogP contribution < -0.4 is 16.0 Å². The third-order valence-electron chi connectivity index (χ3n) is 6.27. The van der Waals surface area contributed by atoms with E-state index < -0.39 is 0 Å². The van der Waals surface area contributed by atoms with Gasteiger partial charge in [-0.2, -0.15) is 0 Å². The first-order chi connectivity index (χ1) is 15.4. The fourth-order valence-electron chi connectivity index (χ4n) is 4.39. The standard InChI is InChI=1S/C26H37N5O/c1-20(22-10-6-5-7-11-22)30-26(16-8-9-17-26)19-29-25(27-2)28-18-21-12-14-23(15-13-21)24(32)31(3)4/h5-7,10-15,20,30H,8-9,16-19H2,1-4H3,(H2,27,28,29). The highest BCUT2D eigenvalue weighted by molar-refractivity contribution is 5.93. The smallest absolute Gasteiger partial charge is 0.253 e. The number of rotatable bonds is 8. The van der Waals surface area contributed by atoms with Crippen LogP contribution in [-0.4, -0.2) is 50.0 Å². The third-order valence-corrected chi connectivity index (χ3v) is 6.27. The van der Waals surface area contributed by atoms with Gasteiger partial charge in [-0.05, 0) is 43.0 Å². The highest BCUT2D eigenvalue weighted by atomic mass is 16.2. The van der Waals surface area contributed by atoms with Crippen molar-refractivity contribution in [1.29, 1.82) is 0 Å². The van der Waals surface area contributed by atoms with Crippen LogP contribution in [0.4, 0.5) is 0 Å². The Morgan fingerprint density at radius 3 is 2.28 bits per heavy atom. The van der Waals surface area contributed by atoms with Gasteiger partial charge in [-0.25, -0.2) is 0 Å². The van der Waals surface area contributed by atoms with Gasteiger partial charge in [0.15, 0.2) is 5.96 Å². The van der Waals surface area contributed by atoms with Gasteiger partial charge in [0.2, 0.25) is 0 Å². The molecule has 1 atom stereocenters. The summed E-state index contributed by atoms with van der Waals surface area (Å²) in [5.74, 6) is 0.806. The number of carbonyl (C=O) groups is 1. The zero-order valence-corrected chi connectivity index (χ0v) is 19.8. The van der Waals surface area contributed by atoms with Gasteiger partial charge in [0.1, 0.15) is 0 Å². The molecule has 6 heteroatoms. The quantitative estimate of drug-likeness (QED) is 0.437. The third kappa shape index (κ3) is 6.33. The van der Waals surface area contributed by atoms with Gasteiger partial charge >= 0.3 is 0 Å². The normalized spacial score (nSPS) is 16.4. The average Bonchev–Trinajstić information content (AvgIpc) is 3.28. The summed E-state index contributed by atoms with van der Waals surface area (Å²) >= 11 is 0. The van der Waals surface area contributed by atoms with Crippen molar-refractivity contribution >= 4 is 11.9 Å². The monoisotopic (exact) mass is 435 g/mol. The van der Waals surface area contributed by atoms with Gasteiger partial charge in [-0.15, -0.1) is 0 Å². The molecule has 2 aromatic rings. The summed E-state index contributed by atoms with van der Waals surface area (Å²) in [6, 6.07) is 18.6. The van der Waals surface area contributed by atoms with E-state index in [1.165, 1.54) is 18.4 Å². The molecule has 3 N–H and O–H groups in total. The van der Waals surface area contributed by atoms with E-state index in [0.717, 1.165) is 30.9 Å². The highest BCUT2D eigenvalue weighted by Gasteiger charge is 2.35. The van der Waals surface area contributed by atoms with Gasteiger partial charge in [0.25, 0.3) is 5.91 Å². The first kappa shape index (κ1) is 23.8. The number of hydrogen-bond donors (Lipinski definition) is 3. The van der Waals surface area contributed by atoms with Gasteiger partial charge in [-0.1, -0.05) is 55.3 Å². The molecule has 6 nitrogen and oxygen atoms in total. The second-order valence-electron chi connectivity index (χ2n) is 8.94. The molecule has 32 heavy (non-hydrogen) atoms. The zero-order valence-electron chi connectivity index (χ0n) is 19.8. The molecule has 0 saturated heterocycles. The molecule has 0 radical (unpaired) electrons. The molecule has 0 spiro atoms. The van der Waals surface area contributed by atoms with Crippen molar-refractivity contribution in [3.8, 4) is 0 Å².